The number of thioether (sulfide) groups is 1. The molecule has 0 unspecified atom stereocenters. The van der Waals surface area contributed by atoms with Gasteiger partial charge in [-0.15, -0.1) is 0 Å². The van der Waals surface area contributed by atoms with E-state index in [0.717, 1.165) is 42.0 Å². The number of aliphatic hydroxyl groups is 1. The Balaban J connectivity index is 1.30. The van der Waals surface area contributed by atoms with Crippen molar-refractivity contribution in [2.45, 2.75) is 43.6 Å². The summed E-state index contributed by atoms with van der Waals surface area (Å²) in [4.78, 5) is 14.6. The Morgan fingerprint density at radius 1 is 1.00 bits per heavy atom. The highest BCUT2D eigenvalue weighted by Gasteiger charge is 2.32. The first kappa shape index (κ1) is 23.0. The molecule has 2 aromatic rings. The van der Waals surface area contributed by atoms with Crippen molar-refractivity contribution in [3.05, 3.63) is 65.2 Å². The number of amides is 1. The largest absolute Gasteiger partial charge is 0.490 e. The summed E-state index contributed by atoms with van der Waals surface area (Å²) in [6, 6.07) is 12.0. The zero-order chi connectivity index (χ0) is 22.8. The Kier molecular flexibility index (Phi) is 6.72. The Morgan fingerprint density at radius 2 is 1.59 bits per heavy atom. The van der Waals surface area contributed by atoms with Crippen LogP contribution in [0.2, 0.25) is 0 Å². The number of alkyl halides is 3. The third-order valence-electron chi connectivity index (χ3n) is 6.20. The minimum atomic E-state index is -4.37. The Bertz CT molecular complexity index is 917. The molecule has 2 aromatic carbocycles. The van der Waals surface area contributed by atoms with E-state index in [2.05, 4.69) is 0 Å². The normalized spacial score (nSPS) is 19.6. The van der Waals surface area contributed by atoms with Crippen LogP contribution in [0, 0.1) is 0 Å². The molecule has 0 aliphatic carbocycles. The first-order chi connectivity index (χ1) is 15.2. The third-order valence-corrected chi connectivity index (χ3v) is 7.19. The quantitative estimate of drug-likeness (QED) is 0.682. The molecule has 2 heterocycles. The summed E-state index contributed by atoms with van der Waals surface area (Å²) in [5.41, 5.74) is -0.0608. The van der Waals surface area contributed by atoms with E-state index in [4.69, 9.17) is 4.74 Å². The van der Waals surface area contributed by atoms with E-state index in [1.165, 1.54) is 12.1 Å². The van der Waals surface area contributed by atoms with Gasteiger partial charge in [-0.2, -0.15) is 24.9 Å². The molecule has 0 spiro atoms. The fourth-order valence-electron chi connectivity index (χ4n) is 4.20. The van der Waals surface area contributed by atoms with Crippen molar-refractivity contribution < 1.29 is 27.8 Å². The van der Waals surface area contributed by atoms with Gasteiger partial charge < -0.3 is 14.7 Å². The summed E-state index contributed by atoms with van der Waals surface area (Å²) in [5.74, 6) is 2.20. The minimum Gasteiger partial charge on any atom is -0.490 e. The highest BCUT2D eigenvalue weighted by atomic mass is 32.2. The SMILES string of the molecule is O=C(c1ccc(C2(O)CCSCC2)cc1)N1CCC(Oc2ccc(C(F)(F)F)cc2)CC1. The van der Waals surface area contributed by atoms with Crippen LogP contribution in [0.5, 0.6) is 5.75 Å². The van der Waals surface area contributed by atoms with Crippen LogP contribution in [0.3, 0.4) is 0 Å². The molecule has 0 radical (unpaired) electrons. The highest BCUT2D eigenvalue weighted by Crippen LogP contribution is 2.36. The molecular weight excluding hydrogens is 439 g/mol. The molecule has 1 N–H and O–H groups in total. The fourth-order valence-corrected chi connectivity index (χ4v) is 5.36. The predicted molar refractivity (Wildman–Crippen MR) is 118 cm³/mol. The lowest BCUT2D eigenvalue weighted by atomic mass is 9.87. The van der Waals surface area contributed by atoms with Gasteiger partial charge in [0, 0.05) is 31.5 Å². The van der Waals surface area contributed by atoms with Gasteiger partial charge in [-0.25, -0.2) is 0 Å². The lowest BCUT2D eigenvalue weighted by Gasteiger charge is -2.33. The predicted octanol–water partition coefficient (Wildman–Crippen LogP) is 5.10. The van der Waals surface area contributed by atoms with E-state index in [0.29, 0.717) is 37.2 Å². The number of carbonyl (C=O) groups is 1. The molecular formula is C24H26F3NO3S. The van der Waals surface area contributed by atoms with E-state index in [1.807, 2.05) is 23.9 Å². The van der Waals surface area contributed by atoms with Crippen LogP contribution in [0.4, 0.5) is 13.2 Å². The van der Waals surface area contributed by atoms with Gasteiger partial charge in [0.15, 0.2) is 0 Å². The molecule has 2 saturated heterocycles. The molecule has 0 bridgehead atoms. The second kappa shape index (κ2) is 9.35. The minimum absolute atomic E-state index is 0.0595. The molecule has 4 rings (SSSR count). The second-order valence-corrected chi connectivity index (χ2v) is 9.58. The smallest absolute Gasteiger partial charge is 0.416 e. The lowest BCUT2D eigenvalue weighted by Crippen LogP contribution is -2.41. The van der Waals surface area contributed by atoms with Crippen molar-refractivity contribution >= 4 is 17.7 Å². The summed E-state index contributed by atoms with van der Waals surface area (Å²) in [7, 11) is 0. The van der Waals surface area contributed by atoms with Crippen LogP contribution < -0.4 is 4.74 Å². The van der Waals surface area contributed by atoms with E-state index in [-0.39, 0.29) is 12.0 Å². The topological polar surface area (TPSA) is 49.8 Å². The van der Waals surface area contributed by atoms with Gasteiger partial charge >= 0.3 is 6.18 Å². The van der Waals surface area contributed by atoms with Gasteiger partial charge in [0.1, 0.15) is 11.9 Å². The molecule has 0 saturated carbocycles. The second-order valence-electron chi connectivity index (χ2n) is 8.35. The third kappa shape index (κ3) is 5.23. The molecule has 1 amide bonds. The van der Waals surface area contributed by atoms with Crippen molar-refractivity contribution in [3.63, 3.8) is 0 Å². The summed E-state index contributed by atoms with van der Waals surface area (Å²) in [5, 5.41) is 10.8. The van der Waals surface area contributed by atoms with Gasteiger partial charge in [-0.1, -0.05) is 12.1 Å². The number of benzene rings is 2. The Morgan fingerprint density at radius 3 is 2.16 bits per heavy atom. The lowest BCUT2D eigenvalue weighted by molar-refractivity contribution is -0.137. The van der Waals surface area contributed by atoms with Gasteiger partial charge in [-0.05, 0) is 66.3 Å². The standard InChI is InChI=1S/C24H26F3NO3S/c25-24(26,27)19-5-7-20(8-6-19)31-21-9-13-28(14-10-21)22(29)17-1-3-18(4-2-17)23(30)11-15-32-16-12-23/h1-8,21,30H,9-16H2. The fraction of sp³-hybridized carbons (Fsp3) is 0.458. The van der Waals surface area contributed by atoms with Crippen LogP contribution in [0.1, 0.15) is 47.2 Å². The number of rotatable bonds is 4. The summed E-state index contributed by atoms with van der Waals surface area (Å²) >= 11 is 1.84. The van der Waals surface area contributed by atoms with Crippen LogP contribution in [-0.2, 0) is 11.8 Å². The van der Waals surface area contributed by atoms with Gasteiger partial charge in [0.25, 0.3) is 5.91 Å². The molecule has 8 heteroatoms. The number of ether oxygens (including phenoxy) is 1. The van der Waals surface area contributed by atoms with Crippen LogP contribution in [-0.4, -0.2) is 46.6 Å². The number of hydrogen-bond donors (Lipinski definition) is 1. The van der Waals surface area contributed by atoms with Crippen LogP contribution in [0.15, 0.2) is 48.5 Å². The number of halogens is 3. The Labute approximate surface area is 189 Å². The maximum atomic E-state index is 12.9. The Hall–Kier alpha value is -2.19. The molecule has 0 aromatic heterocycles. The van der Waals surface area contributed by atoms with Gasteiger partial charge in [0.2, 0.25) is 0 Å². The molecule has 2 fully saturated rings. The molecule has 172 valence electrons. The molecule has 4 nitrogen and oxygen atoms in total. The van der Waals surface area contributed by atoms with Gasteiger partial charge in [-0.3, -0.25) is 4.79 Å². The maximum Gasteiger partial charge on any atom is 0.416 e. The monoisotopic (exact) mass is 465 g/mol. The van der Waals surface area contributed by atoms with E-state index in [1.54, 1.807) is 17.0 Å². The number of nitrogens with zero attached hydrogens (tertiary/aromatic N) is 1. The average Bonchev–Trinajstić information content (AvgIpc) is 2.79. The summed E-state index contributed by atoms with van der Waals surface area (Å²) in [6.07, 6.45) is -1.84. The zero-order valence-electron chi connectivity index (χ0n) is 17.6. The van der Waals surface area contributed by atoms with Crippen LogP contribution >= 0.6 is 11.8 Å². The number of hydrogen-bond acceptors (Lipinski definition) is 4. The molecule has 32 heavy (non-hydrogen) atoms. The maximum absolute atomic E-state index is 12.9. The molecule has 0 atom stereocenters. The highest BCUT2D eigenvalue weighted by molar-refractivity contribution is 7.99. The molecule has 2 aliphatic heterocycles. The van der Waals surface area contributed by atoms with Crippen molar-refractivity contribution in [1.29, 1.82) is 0 Å². The van der Waals surface area contributed by atoms with E-state index < -0.39 is 17.3 Å². The zero-order valence-corrected chi connectivity index (χ0v) is 18.4. The van der Waals surface area contributed by atoms with E-state index >= 15 is 0 Å². The van der Waals surface area contributed by atoms with Gasteiger partial charge in [0.05, 0.1) is 11.2 Å². The number of piperidine rings is 1. The average molecular weight is 466 g/mol. The molecule has 2 aliphatic rings. The first-order valence-electron chi connectivity index (χ1n) is 10.8. The first-order valence-corrected chi connectivity index (χ1v) is 11.9. The number of likely N-dealkylation sites (tertiary alicyclic amines) is 1. The van der Waals surface area contributed by atoms with Crippen molar-refractivity contribution in [3.8, 4) is 5.75 Å². The van der Waals surface area contributed by atoms with Crippen molar-refractivity contribution in [2.24, 2.45) is 0 Å². The number of carbonyl (C=O) groups excluding carboxylic acids is 1. The van der Waals surface area contributed by atoms with E-state index in [9.17, 15) is 23.1 Å². The van der Waals surface area contributed by atoms with Crippen molar-refractivity contribution in [1.82, 2.24) is 4.90 Å². The summed E-state index contributed by atoms with van der Waals surface area (Å²) < 4.78 is 43.9. The summed E-state index contributed by atoms with van der Waals surface area (Å²) in [6.45, 7) is 1.04. The van der Waals surface area contributed by atoms with Crippen LogP contribution in [0.25, 0.3) is 0 Å². The van der Waals surface area contributed by atoms with Crippen molar-refractivity contribution in [2.75, 3.05) is 24.6 Å².